The van der Waals surface area contributed by atoms with Crippen molar-refractivity contribution in [1.82, 2.24) is 4.90 Å². The number of nitrogens with zero attached hydrogens (tertiary/aromatic N) is 3. The van der Waals surface area contributed by atoms with Gasteiger partial charge in [0.15, 0.2) is 29.2 Å². The van der Waals surface area contributed by atoms with Crippen LogP contribution in [-0.4, -0.2) is 65.9 Å². The van der Waals surface area contributed by atoms with Gasteiger partial charge in [-0.15, -0.1) is 0 Å². The first kappa shape index (κ1) is 30.3. The summed E-state index contributed by atoms with van der Waals surface area (Å²) in [4.78, 5) is 40.7. The summed E-state index contributed by atoms with van der Waals surface area (Å²) in [6.45, 7) is 9.05. The molecule has 11 nitrogen and oxygen atoms in total. The van der Waals surface area contributed by atoms with Crippen molar-refractivity contribution in [2.75, 3.05) is 31.2 Å². The molecule has 0 saturated heterocycles. The predicted molar refractivity (Wildman–Crippen MR) is 150 cm³/mol. The Morgan fingerprint density at radius 2 is 1.90 bits per heavy atom. The lowest BCUT2D eigenvalue weighted by Crippen LogP contribution is -2.47. The number of nitriles is 1. The van der Waals surface area contributed by atoms with E-state index in [9.17, 15) is 24.8 Å². The van der Waals surface area contributed by atoms with Crippen molar-refractivity contribution in [3.05, 3.63) is 46.3 Å². The van der Waals surface area contributed by atoms with Crippen LogP contribution in [0, 0.1) is 22.6 Å². The average molecular weight is 581 g/mol. The molecule has 12 heteroatoms. The molecule has 2 heterocycles. The number of aliphatic carboxylic acids is 1. The summed E-state index contributed by atoms with van der Waals surface area (Å²) in [5, 5.41) is 27.4. The summed E-state index contributed by atoms with van der Waals surface area (Å²) < 4.78 is 32.4. The number of carbonyl (C=O) groups is 3. The van der Waals surface area contributed by atoms with E-state index >= 15 is 4.39 Å². The summed E-state index contributed by atoms with van der Waals surface area (Å²) in [5.74, 6) is -2.85. The molecule has 0 saturated carbocycles. The van der Waals surface area contributed by atoms with Gasteiger partial charge in [0, 0.05) is 17.7 Å². The Morgan fingerprint density at radius 1 is 1.21 bits per heavy atom. The van der Waals surface area contributed by atoms with Crippen LogP contribution in [0.25, 0.3) is 0 Å². The maximum atomic E-state index is 15.5. The highest BCUT2D eigenvalue weighted by Gasteiger charge is 2.40. The molecule has 1 amide bonds. The number of carboxylic acids is 1. The number of hydrogen-bond donors (Lipinski definition) is 2. The van der Waals surface area contributed by atoms with Crippen LogP contribution < -0.4 is 19.1 Å². The second-order valence-corrected chi connectivity index (χ2v) is 11.0. The molecule has 2 aromatic rings. The van der Waals surface area contributed by atoms with E-state index in [1.165, 1.54) is 11.0 Å². The Labute approximate surface area is 242 Å². The Hall–Kier alpha value is -4.66. The second kappa shape index (κ2) is 11.7. The van der Waals surface area contributed by atoms with Gasteiger partial charge in [-0.05, 0) is 43.0 Å². The highest BCUT2D eigenvalue weighted by Crippen LogP contribution is 2.44. The van der Waals surface area contributed by atoms with Crippen LogP contribution in [0.1, 0.15) is 68.1 Å². The number of ether oxygens (including phenoxy) is 3. The molecule has 0 aliphatic carbocycles. The SMILES string of the molecule is CCOc1cc2c(c(F)c1OCC)C(=N)N(CC(=O)c1cc3c(c(C(C)(C)C)c1)OC(CC(=O)O)C(=O)N3CC#N)C2. The fraction of sp³-hybridized carbons (Fsp3) is 0.433. The fourth-order valence-electron chi connectivity index (χ4n) is 5.09. The molecule has 2 aliphatic heterocycles. The van der Waals surface area contributed by atoms with Crippen molar-refractivity contribution in [3.63, 3.8) is 0 Å². The number of amides is 1. The number of Topliss-reactive ketones (excluding diaryl/α,β-unsaturated/α-hetero) is 1. The van der Waals surface area contributed by atoms with E-state index in [0.29, 0.717) is 17.7 Å². The van der Waals surface area contributed by atoms with Crippen molar-refractivity contribution >= 4 is 29.2 Å². The van der Waals surface area contributed by atoms with Gasteiger partial charge in [0.25, 0.3) is 5.91 Å². The van der Waals surface area contributed by atoms with Crippen molar-refractivity contribution in [2.24, 2.45) is 0 Å². The smallest absolute Gasteiger partial charge is 0.307 e. The number of hydrogen-bond acceptors (Lipinski definition) is 8. The fourth-order valence-corrected chi connectivity index (χ4v) is 5.09. The molecule has 222 valence electrons. The summed E-state index contributed by atoms with van der Waals surface area (Å²) in [6.07, 6.45) is -1.91. The van der Waals surface area contributed by atoms with Crippen molar-refractivity contribution in [3.8, 4) is 23.3 Å². The van der Waals surface area contributed by atoms with Crippen LogP contribution in [-0.2, 0) is 21.5 Å². The van der Waals surface area contributed by atoms with Crippen LogP contribution in [0.2, 0.25) is 0 Å². The van der Waals surface area contributed by atoms with Gasteiger partial charge in [-0.2, -0.15) is 5.26 Å². The number of nitrogens with one attached hydrogen (secondary N) is 1. The minimum absolute atomic E-state index is 0.0409. The molecule has 0 spiro atoms. The van der Waals surface area contributed by atoms with E-state index in [-0.39, 0.29) is 66.1 Å². The van der Waals surface area contributed by atoms with Gasteiger partial charge in [0.05, 0.1) is 43.5 Å². The number of anilines is 1. The highest BCUT2D eigenvalue weighted by atomic mass is 19.1. The third-order valence-corrected chi connectivity index (χ3v) is 6.99. The van der Waals surface area contributed by atoms with Crippen LogP contribution in [0.15, 0.2) is 18.2 Å². The van der Waals surface area contributed by atoms with E-state index in [2.05, 4.69) is 0 Å². The monoisotopic (exact) mass is 580 g/mol. The molecule has 0 bridgehead atoms. The molecular formula is C30H33FN4O7. The van der Waals surface area contributed by atoms with Crippen LogP contribution in [0.5, 0.6) is 17.2 Å². The Balaban J connectivity index is 1.71. The van der Waals surface area contributed by atoms with Gasteiger partial charge < -0.3 is 24.2 Å². The van der Waals surface area contributed by atoms with Crippen molar-refractivity contribution in [2.45, 2.75) is 59.1 Å². The van der Waals surface area contributed by atoms with Gasteiger partial charge in [0.1, 0.15) is 18.1 Å². The second-order valence-electron chi connectivity index (χ2n) is 11.0. The van der Waals surface area contributed by atoms with Crippen LogP contribution in [0.4, 0.5) is 10.1 Å². The van der Waals surface area contributed by atoms with E-state index < -0.39 is 41.4 Å². The minimum Gasteiger partial charge on any atom is -0.490 e. The van der Waals surface area contributed by atoms with Gasteiger partial charge >= 0.3 is 5.97 Å². The molecule has 1 unspecified atom stereocenters. The lowest BCUT2D eigenvalue weighted by molar-refractivity contribution is -0.142. The molecule has 2 aromatic carbocycles. The number of benzene rings is 2. The third kappa shape index (κ3) is 5.59. The first-order valence-corrected chi connectivity index (χ1v) is 13.6. The van der Waals surface area contributed by atoms with Crippen LogP contribution >= 0.6 is 0 Å². The van der Waals surface area contributed by atoms with Crippen LogP contribution in [0.3, 0.4) is 0 Å². The van der Waals surface area contributed by atoms with E-state index in [1.54, 1.807) is 26.0 Å². The lowest BCUT2D eigenvalue weighted by Gasteiger charge is -2.36. The van der Waals surface area contributed by atoms with Crippen molar-refractivity contribution in [1.29, 1.82) is 10.7 Å². The Morgan fingerprint density at radius 3 is 2.50 bits per heavy atom. The molecule has 2 N–H and O–H groups in total. The maximum absolute atomic E-state index is 15.5. The van der Waals surface area contributed by atoms with E-state index in [4.69, 9.17) is 19.6 Å². The molecule has 2 aliphatic rings. The number of rotatable bonds is 10. The molecule has 0 fully saturated rings. The zero-order valence-corrected chi connectivity index (χ0v) is 24.2. The zero-order valence-electron chi connectivity index (χ0n) is 24.2. The minimum atomic E-state index is -1.33. The summed E-state index contributed by atoms with van der Waals surface area (Å²) in [7, 11) is 0. The highest BCUT2D eigenvalue weighted by molar-refractivity contribution is 6.08. The molecule has 42 heavy (non-hydrogen) atoms. The topological polar surface area (TPSA) is 153 Å². The van der Waals surface area contributed by atoms with E-state index in [1.807, 2.05) is 26.8 Å². The van der Waals surface area contributed by atoms with Gasteiger partial charge in [-0.3, -0.25) is 24.7 Å². The number of carboxylic acid groups (broad SMARTS) is 1. The largest absolute Gasteiger partial charge is 0.490 e. The zero-order chi connectivity index (χ0) is 30.9. The Bertz CT molecular complexity index is 1510. The normalized spacial score (nSPS) is 16.0. The first-order valence-electron chi connectivity index (χ1n) is 13.6. The standard InChI is InChI=1S/C30H33FN4O7/c1-6-40-21-12-17-14-34(28(33)24(17)25(31)27(21)41-7-2)15-20(36)16-10-18(30(3,4)5)26-19(11-16)35(9-8-32)29(39)22(42-26)13-23(37)38/h10-12,22,33H,6-7,9,13-15H2,1-5H3,(H,37,38). The number of amidine groups is 1. The van der Waals surface area contributed by atoms with E-state index in [0.717, 1.165) is 4.90 Å². The summed E-state index contributed by atoms with van der Waals surface area (Å²) in [5.41, 5.74) is 0.859. The lowest BCUT2D eigenvalue weighted by atomic mass is 9.83. The molecular weight excluding hydrogens is 547 g/mol. The third-order valence-electron chi connectivity index (χ3n) is 6.99. The molecule has 4 rings (SSSR count). The molecule has 1 atom stereocenters. The first-order chi connectivity index (χ1) is 19.8. The Kier molecular flexibility index (Phi) is 8.43. The van der Waals surface area contributed by atoms with Crippen molar-refractivity contribution < 1.29 is 38.1 Å². The average Bonchev–Trinajstić information content (AvgIpc) is 3.22. The molecule has 0 radical (unpaired) electrons. The number of carbonyl (C=O) groups excluding carboxylic acids is 2. The molecule has 0 aromatic heterocycles. The number of fused-ring (bicyclic) bond motifs is 2. The number of halogens is 1. The maximum Gasteiger partial charge on any atom is 0.307 e. The number of ketones is 1. The predicted octanol–water partition coefficient (Wildman–Crippen LogP) is 4.04. The summed E-state index contributed by atoms with van der Waals surface area (Å²) >= 11 is 0. The quantitative estimate of drug-likeness (QED) is 0.313. The van der Waals surface area contributed by atoms with Gasteiger partial charge in [-0.25, -0.2) is 4.39 Å². The van der Waals surface area contributed by atoms with Gasteiger partial charge in [-0.1, -0.05) is 20.8 Å². The van der Waals surface area contributed by atoms with Gasteiger partial charge in [0.2, 0.25) is 0 Å². The summed E-state index contributed by atoms with van der Waals surface area (Å²) in [6, 6.07) is 6.60.